The van der Waals surface area contributed by atoms with Gasteiger partial charge in [0.05, 0.1) is 31.5 Å². The maximum Gasteiger partial charge on any atom is 0.333 e. The number of hydrogen-bond donors (Lipinski definition) is 2. The largest absolute Gasteiger partial charge is 0.391 e. The summed E-state index contributed by atoms with van der Waals surface area (Å²) in [6.45, 7) is 4.37. The van der Waals surface area contributed by atoms with Gasteiger partial charge in [-0.1, -0.05) is 60.7 Å². The molecular weight excluding hydrogens is 349 g/mol. The summed E-state index contributed by atoms with van der Waals surface area (Å²) in [4.78, 5) is 0. The molecule has 0 heterocycles. The molecule has 2 rings (SSSR count). The monoisotopic (exact) mass is 377 g/mol. The Balaban J connectivity index is 2.06. The maximum absolute atomic E-state index is 12.6. The van der Waals surface area contributed by atoms with Crippen LogP contribution < -0.4 is 5.32 Å². The lowest BCUT2D eigenvalue weighted by Crippen LogP contribution is -2.33. The topological polar surface area (TPSA) is 67.8 Å². The first kappa shape index (κ1) is 20.8. The van der Waals surface area contributed by atoms with E-state index >= 15 is 0 Å². The van der Waals surface area contributed by atoms with Crippen LogP contribution in [0.15, 0.2) is 60.7 Å². The first-order valence-corrected chi connectivity index (χ1v) is 10.7. The van der Waals surface area contributed by atoms with Crippen LogP contribution in [0.2, 0.25) is 0 Å². The highest BCUT2D eigenvalue weighted by Crippen LogP contribution is 2.48. The predicted molar refractivity (Wildman–Crippen MR) is 104 cm³/mol. The van der Waals surface area contributed by atoms with Gasteiger partial charge in [-0.2, -0.15) is 0 Å². The minimum atomic E-state index is -3.27. The summed E-state index contributed by atoms with van der Waals surface area (Å²) in [5.41, 5.74) is 2.20. The van der Waals surface area contributed by atoms with Gasteiger partial charge in [0.25, 0.3) is 0 Å². The van der Waals surface area contributed by atoms with Crippen molar-refractivity contribution in [2.75, 3.05) is 25.9 Å². The van der Waals surface area contributed by atoms with E-state index in [1.54, 1.807) is 13.8 Å². The van der Waals surface area contributed by atoms with Crippen LogP contribution in [0.1, 0.15) is 31.0 Å². The molecule has 0 saturated heterocycles. The summed E-state index contributed by atoms with van der Waals surface area (Å²) in [5.74, 6) is 0. The second-order valence-electron chi connectivity index (χ2n) is 5.95. The Morgan fingerprint density at radius 3 is 1.81 bits per heavy atom. The zero-order chi connectivity index (χ0) is 18.8. The van der Waals surface area contributed by atoms with Crippen molar-refractivity contribution in [2.45, 2.75) is 26.0 Å². The molecular formula is C20H28NO4P. The van der Waals surface area contributed by atoms with Crippen molar-refractivity contribution in [1.29, 1.82) is 0 Å². The number of hydrogen-bond acceptors (Lipinski definition) is 5. The van der Waals surface area contributed by atoms with Gasteiger partial charge in [-0.25, -0.2) is 0 Å². The molecule has 0 unspecified atom stereocenters. The zero-order valence-electron chi connectivity index (χ0n) is 15.4. The normalized spacial score (nSPS) is 13.1. The van der Waals surface area contributed by atoms with Gasteiger partial charge in [0.2, 0.25) is 0 Å². The molecule has 2 aromatic rings. The molecule has 0 radical (unpaired) electrons. The van der Waals surface area contributed by atoms with Crippen LogP contribution >= 0.6 is 7.60 Å². The van der Waals surface area contributed by atoms with Gasteiger partial charge in [0.15, 0.2) is 0 Å². The average molecular weight is 377 g/mol. The maximum atomic E-state index is 12.6. The highest BCUT2D eigenvalue weighted by atomic mass is 31.2. The van der Waals surface area contributed by atoms with Gasteiger partial charge in [-0.3, -0.25) is 4.57 Å². The van der Waals surface area contributed by atoms with Crippen molar-refractivity contribution in [3.05, 3.63) is 71.8 Å². The van der Waals surface area contributed by atoms with Crippen LogP contribution in [0.4, 0.5) is 0 Å². The smallest absolute Gasteiger partial charge is 0.333 e. The van der Waals surface area contributed by atoms with Crippen molar-refractivity contribution in [3.63, 3.8) is 0 Å². The Bertz CT molecular complexity index is 631. The van der Waals surface area contributed by atoms with Crippen LogP contribution in [0.5, 0.6) is 0 Å². The van der Waals surface area contributed by atoms with Crippen molar-refractivity contribution in [1.82, 2.24) is 5.32 Å². The fourth-order valence-electron chi connectivity index (χ4n) is 2.83. The molecule has 0 spiro atoms. The molecule has 142 valence electrons. The lowest BCUT2D eigenvalue weighted by molar-refractivity contribution is 0.165. The molecule has 0 amide bonds. The van der Waals surface area contributed by atoms with Gasteiger partial charge in [-0.05, 0) is 25.0 Å². The van der Waals surface area contributed by atoms with Gasteiger partial charge >= 0.3 is 7.60 Å². The molecule has 26 heavy (non-hydrogen) atoms. The van der Waals surface area contributed by atoms with Gasteiger partial charge in [-0.15, -0.1) is 0 Å². The van der Waals surface area contributed by atoms with E-state index in [9.17, 15) is 9.67 Å². The zero-order valence-corrected chi connectivity index (χ0v) is 16.3. The Kier molecular flexibility index (Phi) is 8.49. The van der Waals surface area contributed by atoms with E-state index in [-0.39, 0.29) is 32.0 Å². The molecule has 1 atom stereocenters. The first-order chi connectivity index (χ1) is 12.6. The van der Waals surface area contributed by atoms with Crippen LogP contribution in [0, 0.1) is 0 Å². The molecule has 0 aliphatic rings. The van der Waals surface area contributed by atoms with E-state index in [2.05, 4.69) is 5.32 Å². The van der Waals surface area contributed by atoms with Crippen molar-refractivity contribution in [3.8, 4) is 0 Å². The Morgan fingerprint density at radius 1 is 0.923 bits per heavy atom. The minimum Gasteiger partial charge on any atom is -0.391 e. The quantitative estimate of drug-likeness (QED) is 0.580. The minimum absolute atomic E-state index is 0.0298. The summed E-state index contributed by atoms with van der Waals surface area (Å²) < 4.78 is 23.1. The summed E-state index contributed by atoms with van der Waals surface area (Å²) in [7, 11) is -3.27. The Hall–Kier alpha value is -1.49. The lowest BCUT2D eigenvalue weighted by atomic mass is 9.98. The van der Waals surface area contributed by atoms with E-state index in [1.807, 2.05) is 60.7 Å². The number of aliphatic hydroxyl groups excluding tert-OH is 1. The third kappa shape index (κ3) is 6.35. The highest BCUT2D eigenvalue weighted by Gasteiger charge is 2.28. The van der Waals surface area contributed by atoms with Crippen LogP contribution in [-0.2, 0) is 13.6 Å². The van der Waals surface area contributed by atoms with Crippen LogP contribution in [-0.4, -0.2) is 37.1 Å². The van der Waals surface area contributed by atoms with Crippen molar-refractivity contribution >= 4 is 7.60 Å². The number of aliphatic hydroxyl groups is 1. The third-order valence-electron chi connectivity index (χ3n) is 3.91. The third-order valence-corrected chi connectivity index (χ3v) is 6.08. The number of nitrogens with one attached hydrogen (secondary N) is 1. The van der Waals surface area contributed by atoms with Crippen molar-refractivity contribution in [2.24, 2.45) is 0 Å². The lowest BCUT2D eigenvalue weighted by Gasteiger charge is -2.24. The number of benzene rings is 2. The molecule has 0 fully saturated rings. The van der Waals surface area contributed by atoms with Gasteiger partial charge in [0.1, 0.15) is 0 Å². The molecule has 0 aromatic heterocycles. The van der Waals surface area contributed by atoms with Crippen LogP contribution in [0.25, 0.3) is 0 Å². The van der Waals surface area contributed by atoms with E-state index < -0.39 is 13.7 Å². The van der Waals surface area contributed by atoms with Gasteiger partial charge < -0.3 is 19.5 Å². The highest BCUT2D eigenvalue weighted by molar-refractivity contribution is 7.53. The number of rotatable bonds is 11. The Morgan fingerprint density at radius 2 is 1.38 bits per heavy atom. The van der Waals surface area contributed by atoms with E-state index in [4.69, 9.17) is 9.05 Å². The summed E-state index contributed by atoms with van der Waals surface area (Å²) in [6.07, 6.45) is -0.869. The first-order valence-electron chi connectivity index (χ1n) is 8.97. The summed E-state index contributed by atoms with van der Waals surface area (Å²) >= 11 is 0. The predicted octanol–water partition coefficient (Wildman–Crippen LogP) is 3.99. The average Bonchev–Trinajstić information content (AvgIpc) is 2.64. The van der Waals surface area contributed by atoms with Crippen LogP contribution in [0.3, 0.4) is 0 Å². The molecule has 5 nitrogen and oxygen atoms in total. The second kappa shape index (κ2) is 10.6. The summed E-state index contributed by atoms with van der Waals surface area (Å²) in [5, 5.41) is 13.8. The SMILES string of the molecule is CCOP(=O)(C[C@@H](O)CNC(c1ccccc1)c1ccccc1)OCC. The van der Waals surface area contributed by atoms with E-state index in [1.165, 1.54) is 0 Å². The second-order valence-corrected chi connectivity index (χ2v) is 8.05. The molecule has 2 N–H and O–H groups in total. The summed E-state index contributed by atoms with van der Waals surface area (Å²) in [6, 6.07) is 20.0. The standard InChI is InChI=1S/C20H28NO4P/c1-3-24-26(23,25-4-2)16-19(22)15-21-20(17-11-7-5-8-12-17)18-13-9-6-10-14-18/h5-14,19-22H,3-4,15-16H2,1-2H3/t19-/m0/s1. The van der Waals surface area contributed by atoms with Gasteiger partial charge in [0, 0.05) is 6.54 Å². The molecule has 0 bridgehead atoms. The molecule has 0 aliphatic heterocycles. The fraction of sp³-hybridized carbons (Fsp3) is 0.400. The molecule has 0 saturated carbocycles. The molecule has 0 aliphatic carbocycles. The fourth-order valence-corrected chi connectivity index (χ4v) is 4.55. The molecule has 6 heteroatoms. The molecule has 2 aromatic carbocycles. The van der Waals surface area contributed by atoms with Crippen molar-refractivity contribution < 1.29 is 18.7 Å². The Labute approximate surface area is 155 Å². The van der Waals surface area contributed by atoms with E-state index in [0.717, 1.165) is 11.1 Å². The van der Waals surface area contributed by atoms with E-state index in [0.29, 0.717) is 0 Å².